The molecule has 0 aromatic heterocycles. The average Bonchev–Trinajstić information content (AvgIpc) is 2.39. The molecule has 0 fully saturated rings. The van der Waals surface area contributed by atoms with Crippen LogP contribution in [0.25, 0.3) is 10.8 Å². The van der Waals surface area contributed by atoms with Gasteiger partial charge in [-0.15, -0.1) is 11.8 Å². The minimum absolute atomic E-state index is 0.116. The molecule has 0 bridgehead atoms. The van der Waals surface area contributed by atoms with E-state index in [0.717, 1.165) is 10.8 Å². The molecule has 2 aromatic carbocycles. The lowest BCUT2D eigenvalue weighted by Gasteiger charge is -2.11. The van der Waals surface area contributed by atoms with E-state index in [2.05, 4.69) is 0 Å². The van der Waals surface area contributed by atoms with Crippen LogP contribution in [0, 0.1) is 0 Å². The lowest BCUT2D eigenvalue weighted by Crippen LogP contribution is -2.21. The van der Waals surface area contributed by atoms with Crippen LogP contribution in [0.4, 0.5) is 0 Å². The largest absolute Gasteiger partial charge is 0.292 e. The van der Waals surface area contributed by atoms with E-state index in [-0.39, 0.29) is 5.78 Å². The van der Waals surface area contributed by atoms with Crippen LogP contribution in [0.2, 0.25) is 5.02 Å². The van der Waals surface area contributed by atoms with Gasteiger partial charge in [0, 0.05) is 33.0 Å². The minimum Gasteiger partial charge on any atom is -0.292 e. The van der Waals surface area contributed by atoms with Gasteiger partial charge in [-0.1, -0.05) is 35.9 Å². The smallest absolute Gasteiger partial charge is 0.188 e. The van der Waals surface area contributed by atoms with E-state index in [0.29, 0.717) is 10.6 Å². The molecule has 19 heavy (non-hydrogen) atoms. The van der Waals surface area contributed by atoms with Crippen LogP contribution in [0.5, 0.6) is 0 Å². The van der Waals surface area contributed by atoms with Crippen LogP contribution in [0.3, 0.4) is 0 Å². The number of carbonyl (C=O) groups is 1. The third-order valence-electron chi connectivity index (χ3n) is 2.84. The molecule has 0 aliphatic heterocycles. The van der Waals surface area contributed by atoms with Gasteiger partial charge in [-0.25, -0.2) is 0 Å². The second kappa shape index (κ2) is 6.07. The minimum atomic E-state index is -1.19. The van der Waals surface area contributed by atoms with E-state index in [4.69, 9.17) is 11.6 Å². The zero-order valence-corrected chi connectivity index (χ0v) is 12.9. The molecule has 0 saturated heterocycles. The van der Waals surface area contributed by atoms with E-state index in [1.54, 1.807) is 30.7 Å². The van der Waals surface area contributed by atoms with Gasteiger partial charge in [0.1, 0.15) is 4.58 Å². The highest BCUT2D eigenvalue weighted by atomic mass is 35.5. The maximum atomic E-state index is 12.3. The number of thioether (sulfide) groups is 1. The zero-order chi connectivity index (χ0) is 14.0. The summed E-state index contributed by atoms with van der Waals surface area (Å²) in [5.74, 6) is -0.116. The number of Topliss-reactive ketones (excluding diaryl/α,β-unsaturated/α-hetero) is 1. The molecule has 0 unspecified atom stereocenters. The van der Waals surface area contributed by atoms with Crippen LogP contribution in [0.1, 0.15) is 10.4 Å². The van der Waals surface area contributed by atoms with Gasteiger partial charge in [-0.05, 0) is 23.8 Å². The number of hydrogen-bond acceptors (Lipinski definition) is 3. The molecular formula is C14H13ClO2S2. The molecule has 0 amide bonds. The quantitative estimate of drug-likeness (QED) is 0.806. The van der Waals surface area contributed by atoms with Gasteiger partial charge >= 0.3 is 0 Å². The lowest BCUT2D eigenvalue weighted by atomic mass is 10.0. The number of carbonyl (C=O) groups excluding carboxylic acids is 1. The molecule has 0 radical (unpaired) electrons. The lowest BCUT2D eigenvalue weighted by molar-refractivity contribution is 0.101. The van der Waals surface area contributed by atoms with Gasteiger partial charge in [0.25, 0.3) is 0 Å². The SMILES string of the molecule is CS[C@H](C(=O)c1ccc2cccc(Cl)c2c1)[S@@](C)=O. The van der Waals surface area contributed by atoms with E-state index < -0.39 is 15.4 Å². The van der Waals surface area contributed by atoms with Crippen molar-refractivity contribution in [3.8, 4) is 0 Å². The molecule has 0 spiro atoms. The van der Waals surface area contributed by atoms with Crippen molar-refractivity contribution in [2.75, 3.05) is 12.5 Å². The van der Waals surface area contributed by atoms with E-state index in [9.17, 15) is 9.00 Å². The molecule has 2 nitrogen and oxygen atoms in total. The summed E-state index contributed by atoms with van der Waals surface area (Å²) in [6.07, 6.45) is 3.34. The molecule has 2 atom stereocenters. The molecule has 5 heteroatoms. The van der Waals surface area contributed by atoms with Gasteiger partial charge in [-0.2, -0.15) is 0 Å². The first-order chi connectivity index (χ1) is 9.04. The van der Waals surface area contributed by atoms with Crippen molar-refractivity contribution >= 4 is 50.7 Å². The summed E-state index contributed by atoms with van der Waals surface area (Å²) in [4.78, 5) is 12.3. The number of halogens is 1. The summed E-state index contributed by atoms with van der Waals surface area (Å²) in [5.41, 5.74) is 0.551. The highest BCUT2D eigenvalue weighted by Crippen LogP contribution is 2.26. The van der Waals surface area contributed by atoms with Crippen molar-refractivity contribution in [3.63, 3.8) is 0 Å². The fraction of sp³-hybridized carbons (Fsp3) is 0.214. The molecule has 100 valence electrons. The Morgan fingerprint density at radius 2 is 2.05 bits per heavy atom. The normalized spacial score (nSPS) is 14.3. The first kappa shape index (κ1) is 14.6. The van der Waals surface area contributed by atoms with Crippen molar-refractivity contribution < 1.29 is 9.00 Å². The van der Waals surface area contributed by atoms with Gasteiger partial charge < -0.3 is 0 Å². The van der Waals surface area contributed by atoms with Crippen LogP contribution in [-0.4, -0.2) is 27.1 Å². The molecule has 0 aliphatic carbocycles. The van der Waals surface area contributed by atoms with Crippen molar-refractivity contribution in [3.05, 3.63) is 47.0 Å². The predicted octanol–water partition coefficient (Wildman–Crippen LogP) is 3.74. The van der Waals surface area contributed by atoms with E-state index >= 15 is 0 Å². The Morgan fingerprint density at radius 1 is 1.32 bits per heavy atom. The Hall–Kier alpha value is -0.840. The van der Waals surface area contributed by atoms with E-state index in [1.807, 2.05) is 18.2 Å². The first-order valence-corrected chi connectivity index (χ1v) is 8.91. The molecule has 0 heterocycles. The maximum absolute atomic E-state index is 12.3. The number of benzene rings is 2. The summed E-state index contributed by atoms with van der Waals surface area (Å²) < 4.78 is 11.0. The Balaban J connectivity index is 2.49. The third kappa shape index (κ3) is 3.02. The number of ketones is 1. The molecule has 2 aromatic rings. The number of hydrogen-bond donors (Lipinski definition) is 0. The van der Waals surface area contributed by atoms with Gasteiger partial charge in [0.05, 0.1) is 0 Å². The van der Waals surface area contributed by atoms with Gasteiger partial charge in [0.15, 0.2) is 5.78 Å². The Morgan fingerprint density at radius 3 is 2.68 bits per heavy atom. The van der Waals surface area contributed by atoms with Crippen molar-refractivity contribution in [1.82, 2.24) is 0 Å². The molecule has 0 N–H and O–H groups in total. The van der Waals surface area contributed by atoms with Crippen LogP contribution in [-0.2, 0) is 10.8 Å². The van der Waals surface area contributed by atoms with Crippen LogP contribution >= 0.6 is 23.4 Å². The zero-order valence-electron chi connectivity index (χ0n) is 10.6. The fourth-order valence-corrected chi connectivity index (χ4v) is 4.03. The molecular weight excluding hydrogens is 300 g/mol. The summed E-state index contributed by atoms with van der Waals surface area (Å²) in [6, 6.07) is 11.0. The Labute approximate surface area is 124 Å². The van der Waals surface area contributed by atoms with Crippen LogP contribution in [0.15, 0.2) is 36.4 Å². The monoisotopic (exact) mass is 312 g/mol. The Bertz CT molecular complexity index is 655. The summed E-state index contributed by atoms with van der Waals surface area (Å²) in [5, 5.41) is 2.45. The van der Waals surface area contributed by atoms with Crippen molar-refractivity contribution in [1.29, 1.82) is 0 Å². The van der Waals surface area contributed by atoms with Gasteiger partial charge in [-0.3, -0.25) is 9.00 Å². The number of fused-ring (bicyclic) bond motifs is 1. The third-order valence-corrected chi connectivity index (χ3v) is 6.02. The highest BCUT2D eigenvalue weighted by Gasteiger charge is 2.22. The highest BCUT2D eigenvalue weighted by molar-refractivity contribution is 8.11. The summed E-state index contributed by atoms with van der Waals surface area (Å²) >= 11 is 7.44. The molecule has 2 rings (SSSR count). The average molecular weight is 313 g/mol. The molecule has 0 saturated carbocycles. The van der Waals surface area contributed by atoms with Crippen molar-refractivity contribution in [2.45, 2.75) is 4.58 Å². The Kier molecular flexibility index (Phi) is 4.66. The second-order valence-electron chi connectivity index (χ2n) is 4.11. The topological polar surface area (TPSA) is 34.1 Å². The van der Waals surface area contributed by atoms with Crippen molar-refractivity contribution in [2.24, 2.45) is 0 Å². The maximum Gasteiger partial charge on any atom is 0.188 e. The van der Waals surface area contributed by atoms with Crippen LogP contribution < -0.4 is 0 Å². The predicted molar refractivity (Wildman–Crippen MR) is 84.7 cm³/mol. The molecule has 0 aliphatic rings. The van der Waals surface area contributed by atoms with Gasteiger partial charge in [0.2, 0.25) is 0 Å². The summed E-state index contributed by atoms with van der Waals surface area (Å²) in [7, 11) is -1.19. The van der Waals surface area contributed by atoms with E-state index in [1.165, 1.54) is 11.8 Å². The number of rotatable bonds is 4. The first-order valence-electron chi connectivity index (χ1n) is 5.62. The second-order valence-corrected chi connectivity index (χ2v) is 7.22. The standard InChI is InChI=1S/C14H13ClO2S2/c1-18-14(19(2)17)13(16)10-7-6-9-4-3-5-12(15)11(9)8-10/h3-8,14H,1-2H3/t14-,19+/m0/s1. The fourth-order valence-electron chi connectivity index (χ4n) is 1.92. The summed E-state index contributed by atoms with van der Waals surface area (Å²) in [6.45, 7) is 0.